The van der Waals surface area contributed by atoms with Crippen LogP contribution in [-0.2, 0) is 13.6 Å². The van der Waals surface area contributed by atoms with Crippen molar-refractivity contribution >= 4 is 11.5 Å². The lowest BCUT2D eigenvalue weighted by Gasteiger charge is -2.28. The lowest BCUT2D eigenvalue weighted by Crippen LogP contribution is -2.31. The van der Waals surface area contributed by atoms with Gasteiger partial charge in [0.2, 0.25) is 0 Å². The van der Waals surface area contributed by atoms with E-state index < -0.39 is 0 Å². The van der Waals surface area contributed by atoms with E-state index in [0.29, 0.717) is 6.04 Å². The topological polar surface area (TPSA) is 60.0 Å². The van der Waals surface area contributed by atoms with Crippen LogP contribution in [0, 0.1) is 0 Å². The summed E-state index contributed by atoms with van der Waals surface area (Å²) in [4.78, 5) is 2.24. The number of hydrogen-bond acceptors (Lipinski definition) is 4. The van der Waals surface area contributed by atoms with E-state index in [1.807, 2.05) is 25.2 Å². The smallest absolute Gasteiger partial charge is 0.147 e. The summed E-state index contributed by atoms with van der Waals surface area (Å²) in [5, 5.41) is 7.91. The van der Waals surface area contributed by atoms with Gasteiger partial charge in [-0.3, -0.25) is 0 Å². The molecule has 5 nitrogen and oxygen atoms in total. The van der Waals surface area contributed by atoms with Gasteiger partial charge in [0.1, 0.15) is 5.82 Å². The van der Waals surface area contributed by atoms with E-state index in [1.165, 1.54) is 5.56 Å². The first kappa shape index (κ1) is 12.4. The van der Waals surface area contributed by atoms with Crippen LogP contribution in [0.3, 0.4) is 0 Å². The second-order valence-electron chi connectivity index (χ2n) is 4.68. The predicted molar refractivity (Wildman–Crippen MR) is 73.2 cm³/mol. The molecule has 1 aromatic heterocycles. The Morgan fingerprint density at radius 2 is 2.17 bits per heavy atom. The van der Waals surface area contributed by atoms with E-state index in [1.54, 1.807) is 10.9 Å². The zero-order valence-electron chi connectivity index (χ0n) is 11.0. The highest BCUT2D eigenvalue weighted by Crippen LogP contribution is 2.18. The largest absolute Gasteiger partial charge is 0.399 e. The van der Waals surface area contributed by atoms with E-state index in [0.717, 1.165) is 18.1 Å². The molecule has 0 radical (unpaired) electrons. The molecule has 18 heavy (non-hydrogen) atoms. The third kappa shape index (κ3) is 2.61. The summed E-state index contributed by atoms with van der Waals surface area (Å²) in [6.07, 6.45) is 1.78. The van der Waals surface area contributed by atoms with Crippen LogP contribution < -0.4 is 10.6 Å². The Morgan fingerprint density at radius 3 is 2.72 bits per heavy atom. The van der Waals surface area contributed by atoms with Crippen molar-refractivity contribution in [1.29, 1.82) is 0 Å². The van der Waals surface area contributed by atoms with Gasteiger partial charge in [0.15, 0.2) is 0 Å². The highest BCUT2D eigenvalue weighted by molar-refractivity contribution is 5.44. The molecule has 1 heterocycles. The average Bonchev–Trinajstić information content (AvgIpc) is 2.72. The molecular formula is C13H19N5. The number of nitrogen functional groups attached to an aromatic ring is 1. The van der Waals surface area contributed by atoms with Gasteiger partial charge in [0, 0.05) is 25.3 Å². The molecule has 0 amide bonds. The predicted octanol–water partition coefficient (Wildman–Crippen LogP) is 1.81. The summed E-state index contributed by atoms with van der Waals surface area (Å²) >= 11 is 0. The fourth-order valence-electron chi connectivity index (χ4n) is 1.96. The number of benzene rings is 1. The first-order valence-electron chi connectivity index (χ1n) is 6.03. The molecule has 96 valence electrons. The standard InChI is InChI=1S/C13H19N5/c1-10(2)18(13-8-15-16-17(13)3)9-11-5-4-6-12(14)7-11/h4-8,10H,9,14H2,1-3H3. The Hall–Kier alpha value is -2.04. The maximum Gasteiger partial charge on any atom is 0.147 e. The summed E-state index contributed by atoms with van der Waals surface area (Å²) in [7, 11) is 1.90. The number of aryl methyl sites for hydroxylation is 1. The molecule has 0 fully saturated rings. The van der Waals surface area contributed by atoms with Gasteiger partial charge in [-0.15, -0.1) is 5.10 Å². The van der Waals surface area contributed by atoms with Crippen molar-refractivity contribution in [3.63, 3.8) is 0 Å². The van der Waals surface area contributed by atoms with Crippen LogP contribution in [0.5, 0.6) is 0 Å². The molecule has 0 spiro atoms. The van der Waals surface area contributed by atoms with Crippen molar-refractivity contribution in [3.05, 3.63) is 36.0 Å². The normalized spacial score (nSPS) is 10.9. The van der Waals surface area contributed by atoms with Gasteiger partial charge in [0.25, 0.3) is 0 Å². The molecule has 0 aliphatic carbocycles. The van der Waals surface area contributed by atoms with Gasteiger partial charge in [-0.1, -0.05) is 17.3 Å². The first-order valence-corrected chi connectivity index (χ1v) is 6.03. The Labute approximate surface area is 107 Å². The van der Waals surface area contributed by atoms with Gasteiger partial charge in [-0.25, -0.2) is 4.68 Å². The summed E-state index contributed by atoms with van der Waals surface area (Å²) in [5.74, 6) is 1.01. The second kappa shape index (κ2) is 5.08. The Kier molecular flexibility index (Phi) is 3.50. The Balaban J connectivity index is 2.25. The number of anilines is 2. The third-order valence-corrected chi connectivity index (χ3v) is 2.91. The van der Waals surface area contributed by atoms with Gasteiger partial charge < -0.3 is 10.6 Å². The van der Waals surface area contributed by atoms with Crippen molar-refractivity contribution in [2.24, 2.45) is 7.05 Å². The molecule has 2 N–H and O–H groups in total. The number of aromatic nitrogens is 3. The molecule has 0 saturated carbocycles. The molecule has 0 aliphatic heterocycles. The van der Waals surface area contributed by atoms with Crippen LogP contribution in [0.15, 0.2) is 30.5 Å². The molecule has 2 aromatic rings. The molecule has 0 unspecified atom stereocenters. The first-order chi connectivity index (χ1) is 8.58. The van der Waals surface area contributed by atoms with Gasteiger partial charge >= 0.3 is 0 Å². The molecule has 0 atom stereocenters. The fraction of sp³-hybridized carbons (Fsp3) is 0.385. The van der Waals surface area contributed by atoms with Crippen LogP contribution in [0.4, 0.5) is 11.5 Å². The van der Waals surface area contributed by atoms with Crippen molar-refractivity contribution in [3.8, 4) is 0 Å². The van der Waals surface area contributed by atoms with Crippen LogP contribution in [0.25, 0.3) is 0 Å². The van der Waals surface area contributed by atoms with E-state index in [9.17, 15) is 0 Å². The van der Waals surface area contributed by atoms with Crippen molar-refractivity contribution < 1.29 is 0 Å². The molecular weight excluding hydrogens is 226 g/mol. The quantitative estimate of drug-likeness (QED) is 0.835. The Bertz CT molecular complexity index is 518. The maximum absolute atomic E-state index is 5.81. The molecule has 2 rings (SSSR count). The minimum Gasteiger partial charge on any atom is -0.399 e. The number of rotatable bonds is 4. The van der Waals surface area contributed by atoms with Crippen LogP contribution in [-0.4, -0.2) is 21.0 Å². The van der Waals surface area contributed by atoms with E-state index in [2.05, 4.69) is 35.1 Å². The summed E-state index contributed by atoms with van der Waals surface area (Å²) in [5.41, 5.74) is 7.79. The zero-order chi connectivity index (χ0) is 13.1. The number of nitrogens with two attached hydrogens (primary N) is 1. The summed E-state index contributed by atoms with van der Waals surface area (Å²) in [6.45, 7) is 5.10. The summed E-state index contributed by atoms with van der Waals surface area (Å²) < 4.78 is 1.78. The number of hydrogen-bond donors (Lipinski definition) is 1. The third-order valence-electron chi connectivity index (χ3n) is 2.91. The van der Waals surface area contributed by atoms with E-state index >= 15 is 0 Å². The van der Waals surface area contributed by atoms with Crippen LogP contribution in [0.1, 0.15) is 19.4 Å². The second-order valence-corrected chi connectivity index (χ2v) is 4.68. The SMILES string of the molecule is CC(C)N(Cc1cccc(N)c1)c1cnnn1C. The molecule has 0 saturated heterocycles. The monoisotopic (exact) mass is 245 g/mol. The molecule has 5 heteroatoms. The highest BCUT2D eigenvalue weighted by Gasteiger charge is 2.15. The molecule has 0 aliphatic rings. The van der Waals surface area contributed by atoms with Crippen molar-refractivity contribution in [2.75, 3.05) is 10.6 Å². The van der Waals surface area contributed by atoms with Gasteiger partial charge in [0.05, 0.1) is 6.20 Å². The zero-order valence-corrected chi connectivity index (χ0v) is 11.0. The Morgan fingerprint density at radius 1 is 1.39 bits per heavy atom. The molecule has 1 aromatic carbocycles. The lowest BCUT2D eigenvalue weighted by atomic mass is 10.1. The van der Waals surface area contributed by atoms with Gasteiger partial charge in [-0.05, 0) is 31.5 Å². The van der Waals surface area contributed by atoms with Gasteiger partial charge in [-0.2, -0.15) is 0 Å². The van der Waals surface area contributed by atoms with Crippen LogP contribution in [0.2, 0.25) is 0 Å². The van der Waals surface area contributed by atoms with Crippen LogP contribution >= 0.6 is 0 Å². The van der Waals surface area contributed by atoms with E-state index in [4.69, 9.17) is 5.73 Å². The molecule has 0 bridgehead atoms. The average molecular weight is 245 g/mol. The fourth-order valence-corrected chi connectivity index (χ4v) is 1.96. The van der Waals surface area contributed by atoms with Crippen molar-refractivity contribution in [1.82, 2.24) is 15.0 Å². The number of nitrogens with zero attached hydrogens (tertiary/aromatic N) is 4. The minimum absolute atomic E-state index is 0.364. The summed E-state index contributed by atoms with van der Waals surface area (Å²) in [6, 6.07) is 8.32. The highest BCUT2D eigenvalue weighted by atomic mass is 15.5. The maximum atomic E-state index is 5.81. The van der Waals surface area contributed by atoms with E-state index in [-0.39, 0.29) is 0 Å². The van der Waals surface area contributed by atoms with Crippen molar-refractivity contribution in [2.45, 2.75) is 26.4 Å². The lowest BCUT2D eigenvalue weighted by molar-refractivity contribution is 0.628. The minimum atomic E-state index is 0.364.